The molecular weight excluding hydrogens is 344 g/mol. The molecule has 8 nitrogen and oxygen atoms in total. The number of likely N-dealkylation sites (N-methyl/N-ethyl adjacent to an activating group) is 1. The first-order valence-electron chi connectivity index (χ1n) is 6.21. The number of aliphatic carboxylic acids is 2. The average Bonchev–Trinajstić information content (AvgIpc) is 2.88. The number of hydrogen-bond acceptors (Lipinski definition) is 9. The number of nitrogens with zero attached hydrogens (tertiary/aromatic N) is 3. The minimum Gasteiger partial charge on any atom is -0.543 e. The molecule has 0 aromatic carbocycles. The normalized spacial score (nSPS) is 13.4. The van der Waals surface area contributed by atoms with Crippen LogP contribution >= 0.6 is 11.7 Å². The second-order valence-electron chi connectivity index (χ2n) is 4.18. The molecule has 0 atom stereocenters. The van der Waals surface area contributed by atoms with Gasteiger partial charge in [-0.3, -0.25) is 0 Å². The number of carboxylic acid groups (broad SMARTS) is 2. The molecule has 11 heteroatoms. The van der Waals surface area contributed by atoms with E-state index in [4.69, 9.17) is 24.5 Å². The van der Waals surface area contributed by atoms with E-state index in [0.717, 1.165) is 25.2 Å². The standard InChI is InChI=1S/C10H15N3OS.C2H2O4.2Na/c1-3-14-10-9(11-15-12-10)8-5-4-6-13(2)7-8;3-1(4)2(5)6;;/h5H,3-4,6-7H2,1-2H3;(H,3,4)(H,5,6);;/q;;2*+1/p-2. The van der Waals surface area contributed by atoms with E-state index >= 15 is 0 Å². The van der Waals surface area contributed by atoms with Crippen LogP contribution in [-0.4, -0.2) is 52.3 Å². The maximum Gasteiger partial charge on any atom is 1.00 e. The van der Waals surface area contributed by atoms with E-state index in [-0.39, 0.29) is 59.1 Å². The Labute approximate surface area is 182 Å². The van der Waals surface area contributed by atoms with Crippen molar-refractivity contribution in [1.29, 1.82) is 0 Å². The van der Waals surface area contributed by atoms with Crippen molar-refractivity contribution in [2.24, 2.45) is 0 Å². The molecule has 0 saturated carbocycles. The van der Waals surface area contributed by atoms with Crippen LogP contribution < -0.4 is 74.1 Å². The maximum absolute atomic E-state index is 8.93. The molecule has 1 aliphatic heterocycles. The van der Waals surface area contributed by atoms with Crippen LogP contribution in [-0.2, 0) is 9.59 Å². The van der Waals surface area contributed by atoms with Crippen LogP contribution in [0, 0.1) is 0 Å². The molecule has 0 fully saturated rings. The largest absolute Gasteiger partial charge is 1.00 e. The van der Waals surface area contributed by atoms with Gasteiger partial charge in [0.2, 0.25) is 0 Å². The van der Waals surface area contributed by atoms with E-state index in [0.29, 0.717) is 12.5 Å². The Morgan fingerprint density at radius 3 is 2.39 bits per heavy atom. The van der Waals surface area contributed by atoms with Crippen molar-refractivity contribution in [3.8, 4) is 5.88 Å². The first-order valence-corrected chi connectivity index (χ1v) is 6.94. The Bertz CT molecular complexity index is 527. The van der Waals surface area contributed by atoms with Gasteiger partial charge in [0.15, 0.2) is 0 Å². The molecule has 0 aliphatic carbocycles. The summed E-state index contributed by atoms with van der Waals surface area (Å²) in [5.41, 5.74) is 2.16. The van der Waals surface area contributed by atoms with Gasteiger partial charge in [-0.1, -0.05) is 6.08 Å². The van der Waals surface area contributed by atoms with E-state index in [1.807, 2.05) is 6.92 Å². The molecule has 1 aliphatic rings. The second-order valence-corrected chi connectivity index (χ2v) is 4.71. The van der Waals surface area contributed by atoms with Gasteiger partial charge in [-0.25, -0.2) is 0 Å². The molecule has 1 aromatic heterocycles. The molecule has 23 heavy (non-hydrogen) atoms. The van der Waals surface area contributed by atoms with Crippen LogP contribution in [0.5, 0.6) is 5.88 Å². The summed E-state index contributed by atoms with van der Waals surface area (Å²) in [4.78, 5) is 20.1. The molecule has 2 rings (SSSR count). The molecule has 0 spiro atoms. The summed E-state index contributed by atoms with van der Waals surface area (Å²) in [6, 6.07) is 0. The molecule has 0 N–H and O–H groups in total. The number of hydrogen-bond donors (Lipinski definition) is 0. The average molecular weight is 359 g/mol. The van der Waals surface area contributed by atoms with Crippen molar-refractivity contribution >= 4 is 29.2 Å². The summed E-state index contributed by atoms with van der Waals surface area (Å²) in [5.74, 6) is -3.69. The van der Waals surface area contributed by atoms with Crippen LogP contribution in [0.2, 0.25) is 0 Å². The van der Waals surface area contributed by atoms with Gasteiger partial charge in [-0.2, -0.15) is 4.37 Å². The van der Waals surface area contributed by atoms with Gasteiger partial charge < -0.3 is 29.4 Å². The van der Waals surface area contributed by atoms with Crippen molar-refractivity contribution in [3.63, 3.8) is 0 Å². The maximum atomic E-state index is 8.93. The monoisotopic (exact) mass is 359 g/mol. The van der Waals surface area contributed by atoms with E-state index in [2.05, 4.69) is 26.8 Å². The van der Waals surface area contributed by atoms with Crippen LogP contribution in [0.25, 0.3) is 5.57 Å². The predicted molar refractivity (Wildman–Crippen MR) is 71.2 cm³/mol. The Morgan fingerprint density at radius 1 is 1.30 bits per heavy atom. The number of carbonyl (C=O) groups excluding carboxylic acids is 2. The summed E-state index contributed by atoms with van der Waals surface area (Å²) in [6.45, 7) is 4.66. The summed E-state index contributed by atoms with van der Waals surface area (Å²) in [5, 5.41) is 17.9. The molecule has 0 radical (unpaired) electrons. The third-order valence-corrected chi connectivity index (χ3v) is 3.06. The Kier molecular flexibility index (Phi) is 14.6. The summed E-state index contributed by atoms with van der Waals surface area (Å²) < 4.78 is 13.9. The SMILES string of the molecule is CCOc1nsnc1C1=CCCN(C)C1.O=C([O-])C(=O)[O-].[Na+].[Na+]. The zero-order valence-electron chi connectivity index (χ0n) is 13.7. The van der Waals surface area contributed by atoms with Crippen LogP contribution in [0.15, 0.2) is 6.08 Å². The first-order chi connectivity index (χ1) is 9.95. The topological polar surface area (TPSA) is 119 Å². The minimum atomic E-state index is -2.19. The van der Waals surface area contributed by atoms with E-state index in [1.165, 1.54) is 17.3 Å². The van der Waals surface area contributed by atoms with Gasteiger partial charge in [-0.05, 0) is 26.0 Å². The fourth-order valence-corrected chi connectivity index (χ4v) is 2.20. The van der Waals surface area contributed by atoms with Crippen molar-refractivity contribution in [2.45, 2.75) is 13.3 Å². The predicted octanol–water partition coefficient (Wildman–Crippen LogP) is -7.85. The van der Waals surface area contributed by atoms with Crippen molar-refractivity contribution in [1.82, 2.24) is 13.6 Å². The third-order valence-electron chi connectivity index (χ3n) is 2.55. The molecule has 116 valence electrons. The Morgan fingerprint density at radius 2 is 1.91 bits per heavy atom. The van der Waals surface area contributed by atoms with Crippen LogP contribution in [0.3, 0.4) is 0 Å². The van der Waals surface area contributed by atoms with Gasteiger partial charge in [0, 0.05) is 13.1 Å². The number of rotatable bonds is 3. The molecule has 0 amide bonds. The molecular formula is C12H15N3Na2O5S. The summed E-state index contributed by atoms with van der Waals surface area (Å²) >= 11 is 1.22. The number of carboxylic acids is 2. The van der Waals surface area contributed by atoms with E-state index in [9.17, 15) is 0 Å². The smallest absolute Gasteiger partial charge is 0.543 e. The zero-order chi connectivity index (χ0) is 15.8. The number of carbonyl (C=O) groups is 2. The zero-order valence-corrected chi connectivity index (χ0v) is 18.5. The van der Waals surface area contributed by atoms with Crippen molar-refractivity contribution in [3.05, 3.63) is 11.8 Å². The Balaban J connectivity index is 0. The molecule has 0 bridgehead atoms. The molecule has 1 aromatic rings. The van der Waals surface area contributed by atoms with Crippen LogP contribution in [0.4, 0.5) is 0 Å². The number of aromatic nitrogens is 2. The fraction of sp³-hybridized carbons (Fsp3) is 0.500. The second kappa shape index (κ2) is 13.3. The van der Waals surface area contributed by atoms with Gasteiger partial charge in [0.1, 0.15) is 5.69 Å². The Hall–Kier alpha value is 0. The quantitative estimate of drug-likeness (QED) is 0.386. The van der Waals surface area contributed by atoms with Crippen molar-refractivity contribution < 1.29 is 83.7 Å². The first kappa shape index (κ1) is 25.2. The minimum absolute atomic E-state index is 0. The van der Waals surface area contributed by atoms with Gasteiger partial charge >= 0.3 is 59.1 Å². The molecule has 0 unspecified atom stereocenters. The fourth-order valence-electron chi connectivity index (χ4n) is 1.67. The molecule has 0 saturated heterocycles. The van der Waals surface area contributed by atoms with Crippen molar-refractivity contribution in [2.75, 3.05) is 26.7 Å². The van der Waals surface area contributed by atoms with Gasteiger partial charge in [0.25, 0.3) is 5.88 Å². The van der Waals surface area contributed by atoms with Gasteiger partial charge in [0.05, 0.1) is 30.3 Å². The third kappa shape index (κ3) is 9.16. The summed E-state index contributed by atoms with van der Waals surface area (Å²) in [6.07, 6.45) is 3.31. The summed E-state index contributed by atoms with van der Waals surface area (Å²) in [7, 11) is 2.12. The number of ether oxygens (including phenoxy) is 1. The van der Waals surface area contributed by atoms with Gasteiger partial charge in [-0.15, -0.1) is 4.37 Å². The van der Waals surface area contributed by atoms with E-state index in [1.54, 1.807) is 0 Å². The van der Waals surface area contributed by atoms with Crippen LogP contribution in [0.1, 0.15) is 19.0 Å². The van der Waals surface area contributed by atoms with E-state index < -0.39 is 11.9 Å². The molecule has 2 heterocycles.